The van der Waals surface area contributed by atoms with Crippen LogP contribution in [-0.4, -0.2) is 49.3 Å². The van der Waals surface area contributed by atoms with Crippen LogP contribution in [0.4, 0.5) is 0 Å². The van der Waals surface area contributed by atoms with Crippen molar-refractivity contribution in [1.29, 1.82) is 0 Å². The Balaban J connectivity index is 3.59. The molecule has 0 heterocycles. The van der Waals surface area contributed by atoms with Crippen molar-refractivity contribution < 1.29 is 38.1 Å². The molecular formula is C48H90O8. The molecule has 0 aliphatic rings. The lowest BCUT2D eigenvalue weighted by Gasteiger charge is -2.17. The summed E-state index contributed by atoms with van der Waals surface area (Å²) in [4.78, 5) is 47.2. The summed E-state index contributed by atoms with van der Waals surface area (Å²) < 4.78 is 22.0. The first kappa shape index (κ1) is 53.9. The van der Waals surface area contributed by atoms with Gasteiger partial charge in [0.05, 0.1) is 13.2 Å². The number of hydrogen-bond donors (Lipinski definition) is 0. The summed E-state index contributed by atoms with van der Waals surface area (Å²) in [6.07, 6.45) is 39.1. The molecule has 2 atom stereocenters. The quantitative estimate of drug-likeness (QED) is 0.0341. The normalized spacial score (nSPS) is 12.3. The van der Waals surface area contributed by atoms with E-state index >= 15 is 0 Å². The maximum atomic E-state index is 12.1. The molecule has 0 saturated heterocycles. The maximum absolute atomic E-state index is 12.1. The average molecular weight is 795 g/mol. The highest BCUT2D eigenvalue weighted by Gasteiger charge is 2.13. The Labute approximate surface area is 345 Å². The Morgan fingerprint density at radius 1 is 0.339 bits per heavy atom. The fraction of sp³-hybridized carbons (Fsp3) is 0.917. The van der Waals surface area contributed by atoms with Crippen molar-refractivity contribution in [3.8, 4) is 0 Å². The van der Waals surface area contributed by atoms with E-state index in [9.17, 15) is 19.2 Å². The molecule has 330 valence electrons. The van der Waals surface area contributed by atoms with Crippen molar-refractivity contribution in [2.24, 2.45) is 0 Å². The Morgan fingerprint density at radius 2 is 0.589 bits per heavy atom. The molecular weight excluding hydrogens is 705 g/mol. The summed E-state index contributed by atoms with van der Waals surface area (Å²) in [5, 5.41) is 0. The molecule has 0 N–H and O–H groups in total. The second kappa shape index (κ2) is 42.5. The molecule has 0 amide bonds. The van der Waals surface area contributed by atoms with Crippen molar-refractivity contribution in [1.82, 2.24) is 0 Å². The standard InChI is InChI=1S/C48H90O8/c1-5-7-9-11-13-20-28-36-46(56-44(4)50)38-30-22-18-24-32-40-48(52)54-42-34-26-17-16-25-33-41-53-47(51)39-31-23-15-14-21-29-37-45(55-43(3)49)35-27-19-12-10-8-6-2/h45-46H,5-42H2,1-4H3. The zero-order valence-electron chi connectivity index (χ0n) is 37.3. The van der Waals surface area contributed by atoms with Gasteiger partial charge in [0.2, 0.25) is 0 Å². The third-order valence-corrected chi connectivity index (χ3v) is 10.8. The molecule has 0 bridgehead atoms. The number of rotatable bonds is 43. The summed E-state index contributed by atoms with van der Waals surface area (Å²) in [6.45, 7) is 8.51. The maximum Gasteiger partial charge on any atom is 0.305 e. The van der Waals surface area contributed by atoms with Crippen molar-refractivity contribution in [2.45, 2.75) is 271 Å². The molecule has 0 spiro atoms. The molecule has 0 aliphatic carbocycles. The minimum atomic E-state index is -0.172. The lowest BCUT2D eigenvalue weighted by Crippen LogP contribution is -2.16. The zero-order valence-corrected chi connectivity index (χ0v) is 37.3. The second-order valence-corrected chi connectivity index (χ2v) is 16.5. The minimum absolute atomic E-state index is 0.0525. The van der Waals surface area contributed by atoms with Crippen LogP contribution in [-0.2, 0) is 38.1 Å². The predicted molar refractivity (Wildman–Crippen MR) is 231 cm³/mol. The fourth-order valence-electron chi connectivity index (χ4n) is 7.42. The highest BCUT2D eigenvalue weighted by atomic mass is 16.5. The van der Waals surface area contributed by atoms with Gasteiger partial charge < -0.3 is 18.9 Å². The van der Waals surface area contributed by atoms with Gasteiger partial charge in [-0.25, -0.2) is 0 Å². The molecule has 0 aliphatic heterocycles. The van der Waals surface area contributed by atoms with Crippen LogP contribution in [0.1, 0.15) is 259 Å². The fourth-order valence-corrected chi connectivity index (χ4v) is 7.42. The predicted octanol–water partition coefficient (Wildman–Crippen LogP) is 14.0. The van der Waals surface area contributed by atoms with Gasteiger partial charge in [0.25, 0.3) is 0 Å². The van der Waals surface area contributed by atoms with E-state index in [1.165, 1.54) is 84.5 Å². The van der Waals surface area contributed by atoms with Gasteiger partial charge in [-0.05, 0) is 77.0 Å². The van der Waals surface area contributed by atoms with Crippen molar-refractivity contribution >= 4 is 23.9 Å². The van der Waals surface area contributed by atoms with Crippen molar-refractivity contribution in [3.63, 3.8) is 0 Å². The highest BCUT2D eigenvalue weighted by molar-refractivity contribution is 5.69. The Hall–Kier alpha value is -2.12. The van der Waals surface area contributed by atoms with E-state index in [-0.39, 0.29) is 36.1 Å². The zero-order chi connectivity index (χ0) is 41.2. The number of carbonyl (C=O) groups excluding carboxylic acids is 4. The first-order valence-electron chi connectivity index (χ1n) is 23.9. The lowest BCUT2D eigenvalue weighted by molar-refractivity contribution is -0.148. The lowest BCUT2D eigenvalue weighted by atomic mass is 10.0. The highest BCUT2D eigenvalue weighted by Crippen LogP contribution is 2.19. The van der Waals surface area contributed by atoms with E-state index in [1.54, 1.807) is 0 Å². The summed E-state index contributed by atoms with van der Waals surface area (Å²) in [7, 11) is 0. The number of unbranched alkanes of at least 4 members (excludes halogenated alkanes) is 25. The summed E-state index contributed by atoms with van der Waals surface area (Å²) >= 11 is 0. The number of carbonyl (C=O) groups is 4. The number of hydrogen-bond acceptors (Lipinski definition) is 8. The topological polar surface area (TPSA) is 105 Å². The molecule has 0 radical (unpaired) electrons. The van der Waals surface area contributed by atoms with Crippen LogP contribution >= 0.6 is 0 Å². The largest absolute Gasteiger partial charge is 0.466 e. The summed E-state index contributed by atoms with van der Waals surface area (Å²) in [5.74, 6) is -0.502. The third-order valence-electron chi connectivity index (χ3n) is 10.8. The van der Waals surface area contributed by atoms with E-state index in [2.05, 4.69) is 13.8 Å². The van der Waals surface area contributed by atoms with Crippen molar-refractivity contribution in [3.05, 3.63) is 0 Å². The van der Waals surface area contributed by atoms with Gasteiger partial charge in [-0.3, -0.25) is 19.2 Å². The molecule has 56 heavy (non-hydrogen) atoms. The third kappa shape index (κ3) is 41.5. The van der Waals surface area contributed by atoms with E-state index in [0.717, 1.165) is 148 Å². The van der Waals surface area contributed by atoms with Crippen molar-refractivity contribution in [2.75, 3.05) is 13.2 Å². The van der Waals surface area contributed by atoms with Gasteiger partial charge in [-0.1, -0.05) is 155 Å². The summed E-state index contributed by atoms with van der Waals surface area (Å²) in [5.41, 5.74) is 0. The van der Waals surface area contributed by atoms with E-state index in [4.69, 9.17) is 18.9 Å². The minimum Gasteiger partial charge on any atom is -0.466 e. The Kier molecular flexibility index (Phi) is 40.9. The number of esters is 4. The first-order valence-corrected chi connectivity index (χ1v) is 23.9. The van der Waals surface area contributed by atoms with Crippen LogP contribution in [0.25, 0.3) is 0 Å². The first-order chi connectivity index (χ1) is 27.3. The van der Waals surface area contributed by atoms with Gasteiger partial charge in [0, 0.05) is 26.7 Å². The van der Waals surface area contributed by atoms with Crippen LogP contribution in [0.5, 0.6) is 0 Å². The van der Waals surface area contributed by atoms with Crippen LogP contribution in [0.2, 0.25) is 0 Å². The van der Waals surface area contributed by atoms with Gasteiger partial charge >= 0.3 is 23.9 Å². The van der Waals surface area contributed by atoms with Crippen LogP contribution in [0.15, 0.2) is 0 Å². The molecule has 0 aromatic heterocycles. The van der Waals surface area contributed by atoms with Crippen LogP contribution in [0, 0.1) is 0 Å². The molecule has 8 nitrogen and oxygen atoms in total. The Bertz CT molecular complexity index is 906. The molecule has 0 aromatic carbocycles. The second-order valence-electron chi connectivity index (χ2n) is 16.5. The molecule has 0 aromatic rings. The Morgan fingerprint density at radius 3 is 0.875 bits per heavy atom. The van der Waals surface area contributed by atoms with E-state index in [1.807, 2.05) is 0 Å². The van der Waals surface area contributed by atoms with Gasteiger partial charge in [-0.15, -0.1) is 0 Å². The summed E-state index contributed by atoms with van der Waals surface area (Å²) in [6, 6.07) is 0. The molecule has 0 saturated carbocycles. The van der Waals surface area contributed by atoms with Gasteiger partial charge in [0.1, 0.15) is 12.2 Å². The average Bonchev–Trinajstić information content (AvgIpc) is 3.16. The van der Waals surface area contributed by atoms with Gasteiger partial charge in [-0.2, -0.15) is 0 Å². The number of ether oxygens (including phenoxy) is 4. The molecule has 2 unspecified atom stereocenters. The molecule has 0 fully saturated rings. The molecule has 0 rings (SSSR count). The smallest absolute Gasteiger partial charge is 0.305 e. The van der Waals surface area contributed by atoms with E-state index in [0.29, 0.717) is 26.1 Å². The molecule has 8 heteroatoms. The van der Waals surface area contributed by atoms with Crippen LogP contribution in [0.3, 0.4) is 0 Å². The SMILES string of the molecule is CCCCCCCCCC(CCCCCCCC(=O)OCCCCCCCCOC(=O)CCCCCCCCC(CCCCCCCC)OC(C)=O)OC(C)=O. The van der Waals surface area contributed by atoms with Gasteiger partial charge in [0.15, 0.2) is 0 Å². The van der Waals surface area contributed by atoms with E-state index < -0.39 is 0 Å². The van der Waals surface area contributed by atoms with Crippen LogP contribution < -0.4 is 0 Å². The monoisotopic (exact) mass is 795 g/mol.